The van der Waals surface area contributed by atoms with E-state index in [2.05, 4.69) is 15.1 Å². The van der Waals surface area contributed by atoms with Crippen LogP contribution in [0.1, 0.15) is 11.5 Å². The summed E-state index contributed by atoms with van der Waals surface area (Å²) in [6, 6.07) is 14.2. The van der Waals surface area contributed by atoms with Crippen LogP contribution in [-0.4, -0.2) is 52.9 Å². The number of thioether (sulfide) groups is 1. The molecule has 0 radical (unpaired) electrons. The molecule has 6 nitrogen and oxygen atoms in total. The average molecular weight is 447 g/mol. The summed E-state index contributed by atoms with van der Waals surface area (Å²) in [5.74, 6) is 0.264. The lowest BCUT2D eigenvalue weighted by atomic mass is 10.1. The van der Waals surface area contributed by atoms with Crippen molar-refractivity contribution in [2.24, 2.45) is 0 Å². The van der Waals surface area contributed by atoms with Gasteiger partial charge < -0.3 is 14.2 Å². The summed E-state index contributed by atoms with van der Waals surface area (Å²) in [4.78, 5) is 16.6. The van der Waals surface area contributed by atoms with Crippen molar-refractivity contribution in [2.75, 3.05) is 36.8 Å². The van der Waals surface area contributed by atoms with Gasteiger partial charge in [0.15, 0.2) is 0 Å². The number of hydrogen-bond acceptors (Lipinski definition) is 6. The number of halogens is 2. The van der Waals surface area contributed by atoms with E-state index in [0.717, 1.165) is 18.8 Å². The highest BCUT2D eigenvalue weighted by atomic mass is 35.5. The molecule has 156 valence electrons. The van der Waals surface area contributed by atoms with Gasteiger partial charge in [-0.15, -0.1) is 10.2 Å². The van der Waals surface area contributed by atoms with Crippen LogP contribution in [0.15, 0.2) is 58.2 Å². The van der Waals surface area contributed by atoms with Gasteiger partial charge in [-0.05, 0) is 29.8 Å². The zero-order valence-corrected chi connectivity index (χ0v) is 17.7. The smallest absolute Gasteiger partial charge is 0.277 e. The Morgan fingerprint density at radius 1 is 1.10 bits per heavy atom. The van der Waals surface area contributed by atoms with Crippen molar-refractivity contribution in [3.8, 4) is 0 Å². The van der Waals surface area contributed by atoms with Crippen LogP contribution in [-0.2, 0) is 11.2 Å². The van der Waals surface area contributed by atoms with Crippen LogP contribution in [0, 0.1) is 5.82 Å². The summed E-state index contributed by atoms with van der Waals surface area (Å²) in [6.45, 7) is 2.80. The molecule has 9 heteroatoms. The first-order chi connectivity index (χ1) is 14.6. The Labute approximate surface area is 183 Å². The fourth-order valence-corrected chi connectivity index (χ4v) is 4.14. The molecule has 3 aromatic rings. The zero-order chi connectivity index (χ0) is 20.9. The quantitative estimate of drug-likeness (QED) is 0.535. The molecule has 1 saturated heterocycles. The molecule has 0 atom stereocenters. The topological polar surface area (TPSA) is 62.5 Å². The van der Waals surface area contributed by atoms with E-state index in [0.29, 0.717) is 34.8 Å². The number of piperazine rings is 1. The summed E-state index contributed by atoms with van der Waals surface area (Å²) in [5, 5.41) is 8.92. The Hall–Kier alpha value is -2.58. The summed E-state index contributed by atoms with van der Waals surface area (Å²) < 4.78 is 19.3. The van der Waals surface area contributed by atoms with Gasteiger partial charge in [0.05, 0.1) is 12.2 Å². The predicted molar refractivity (Wildman–Crippen MR) is 114 cm³/mol. The lowest BCUT2D eigenvalue weighted by molar-refractivity contribution is -0.128. The van der Waals surface area contributed by atoms with Crippen LogP contribution in [0.3, 0.4) is 0 Å². The highest BCUT2D eigenvalue weighted by Crippen LogP contribution is 2.22. The number of benzene rings is 2. The summed E-state index contributed by atoms with van der Waals surface area (Å²) in [6.07, 6.45) is 0.222. The van der Waals surface area contributed by atoms with E-state index in [1.165, 1.54) is 17.8 Å². The fourth-order valence-electron chi connectivity index (χ4n) is 3.27. The minimum atomic E-state index is -0.308. The molecule has 30 heavy (non-hydrogen) atoms. The average Bonchev–Trinajstić information content (AvgIpc) is 3.21. The maximum Gasteiger partial charge on any atom is 0.277 e. The van der Waals surface area contributed by atoms with Gasteiger partial charge in [-0.2, -0.15) is 0 Å². The molecule has 0 N–H and O–H groups in total. The molecule has 0 saturated carbocycles. The highest BCUT2D eigenvalue weighted by Gasteiger charge is 2.22. The molecule has 2 heterocycles. The molecule has 1 fully saturated rings. The van der Waals surface area contributed by atoms with Crippen LogP contribution in [0.2, 0.25) is 5.02 Å². The molecule has 0 bridgehead atoms. The maximum absolute atomic E-state index is 13.7. The highest BCUT2D eigenvalue weighted by molar-refractivity contribution is 7.99. The fraction of sp³-hybridized carbons (Fsp3) is 0.286. The summed E-state index contributed by atoms with van der Waals surface area (Å²) in [7, 11) is 0. The van der Waals surface area contributed by atoms with E-state index < -0.39 is 0 Å². The standard InChI is InChI=1S/C21H20ClFN4O2S/c22-16-5-3-6-17(13-16)26-8-10-27(11-9-26)20(28)14-30-21-25-24-19(29-21)12-15-4-1-2-7-18(15)23/h1-7,13H,8-12,14H2. The first-order valence-corrected chi connectivity index (χ1v) is 10.9. The third-order valence-electron chi connectivity index (χ3n) is 4.87. The number of anilines is 1. The summed E-state index contributed by atoms with van der Waals surface area (Å²) in [5.41, 5.74) is 1.56. The van der Waals surface area contributed by atoms with Crippen LogP contribution in [0.5, 0.6) is 0 Å². The SMILES string of the molecule is O=C(CSc1nnc(Cc2ccccc2F)o1)N1CCN(c2cccc(Cl)c2)CC1. The van der Waals surface area contributed by atoms with Crippen molar-refractivity contribution in [1.29, 1.82) is 0 Å². The van der Waals surface area contributed by atoms with Crippen molar-refractivity contribution in [1.82, 2.24) is 15.1 Å². The second kappa shape index (κ2) is 9.49. The summed E-state index contributed by atoms with van der Waals surface area (Å²) >= 11 is 7.27. The van der Waals surface area contributed by atoms with E-state index in [1.807, 2.05) is 29.2 Å². The van der Waals surface area contributed by atoms with Gasteiger partial charge in [-0.3, -0.25) is 4.79 Å². The first-order valence-electron chi connectivity index (χ1n) is 9.55. The zero-order valence-electron chi connectivity index (χ0n) is 16.1. The Morgan fingerprint density at radius 3 is 2.67 bits per heavy atom. The number of rotatable bonds is 6. The van der Waals surface area contributed by atoms with Crippen LogP contribution < -0.4 is 4.90 Å². The second-order valence-corrected chi connectivity index (χ2v) is 8.23. The molecule has 1 amide bonds. The van der Waals surface area contributed by atoms with Gasteiger partial charge in [-0.25, -0.2) is 4.39 Å². The van der Waals surface area contributed by atoms with Gasteiger partial charge in [-0.1, -0.05) is 47.6 Å². The largest absolute Gasteiger partial charge is 0.416 e. The normalized spacial score (nSPS) is 14.2. The molecule has 2 aromatic carbocycles. The van der Waals surface area contributed by atoms with Gasteiger partial charge in [0, 0.05) is 36.9 Å². The van der Waals surface area contributed by atoms with E-state index in [4.69, 9.17) is 16.0 Å². The lowest BCUT2D eigenvalue weighted by Crippen LogP contribution is -2.49. The molecule has 1 aromatic heterocycles. The van der Waals surface area contributed by atoms with Gasteiger partial charge in [0.25, 0.3) is 5.22 Å². The molecule has 1 aliphatic heterocycles. The molecule has 0 spiro atoms. The van der Waals surface area contributed by atoms with E-state index >= 15 is 0 Å². The van der Waals surface area contributed by atoms with Crippen LogP contribution >= 0.6 is 23.4 Å². The third kappa shape index (κ3) is 5.12. The van der Waals surface area contributed by atoms with E-state index in [9.17, 15) is 9.18 Å². The number of amides is 1. The Balaban J connectivity index is 1.25. The third-order valence-corrected chi connectivity index (χ3v) is 5.91. The maximum atomic E-state index is 13.7. The number of nitrogens with zero attached hydrogens (tertiary/aromatic N) is 4. The Kier molecular flexibility index (Phi) is 6.54. The molecular formula is C21H20ClFN4O2S. The molecule has 0 unspecified atom stereocenters. The van der Waals surface area contributed by atoms with E-state index in [1.54, 1.807) is 18.2 Å². The van der Waals surface area contributed by atoms with E-state index in [-0.39, 0.29) is 23.9 Å². The van der Waals surface area contributed by atoms with Crippen molar-refractivity contribution < 1.29 is 13.6 Å². The number of carbonyl (C=O) groups excluding carboxylic acids is 1. The molecule has 1 aliphatic rings. The van der Waals surface area contributed by atoms with Crippen molar-refractivity contribution in [3.63, 3.8) is 0 Å². The Bertz CT molecular complexity index is 1020. The number of carbonyl (C=O) groups is 1. The van der Waals surface area contributed by atoms with Crippen molar-refractivity contribution in [2.45, 2.75) is 11.6 Å². The number of hydrogen-bond donors (Lipinski definition) is 0. The van der Waals surface area contributed by atoms with Crippen molar-refractivity contribution in [3.05, 3.63) is 70.8 Å². The monoisotopic (exact) mass is 446 g/mol. The van der Waals surface area contributed by atoms with Crippen LogP contribution in [0.4, 0.5) is 10.1 Å². The minimum absolute atomic E-state index is 0.0274. The van der Waals surface area contributed by atoms with Crippen molar-refractivity contribution >= 4 is 35.0 Å². The second-order valence-electron chi connectivity index (χ2n) is 6.87. The first kappa shape index (κ1) is 20.7. The predicted octanol–water partition coefficient (Wildman–Crippen LogP) is 3.89. The molecular weight excluding hydrogens is 427 g/mol. The molecule has 0 aliphatic carbocycles. The number of aromatic nitrogens is 2. The van der Waals surface area contributed by atoms with Crippen LogP contribution in [0.25, 0.3) is 0 Å². The van der Waals surface area contributed by atoms with Gasteiger partial charge in [0.2, 0.25) is 11.8 Å². The minimum Gasteiger partial charge on any atom is -0.416 e. The lowest BCUT2D eigenvalue weighted by Gasteiger charge is -2.36. The van der Waals surface area contributed by atoms with Gasteiger partial charge in [0.1, 0.15) is 5.82 Å². The van der Waals surface area contributed by atoms with Gasteiger partial charge >= 0.3 is 0 Å². The molecule has 4 rings (SSSR count). The Morgan fingerprint density at radius 2 is 1.90 bits per heavy atom.